The third-order valence-electron chi connectivity index (χ3n) is 3.56. The standard InChI is InChI=1S/C15H18N2S/c1-11-6-2-3-7-12(11)15-17-14(10-18-15)13-8-4-5-9-16-13/h2-3,6-7,10,13,16H,4-5,8-9H2,1H3. The summed E-state index contributed by atoms with van der Waals surface area (Å²) < 4.78 is 0. The molecule has 1 aromatic heterocycles. The summed E-state index contributed by atoms with van der Waals surface area (Å²) in [4.78, 5) is 4.82. The van der Waals surface area contributed by atoms with E-state index < -0.39 is 0 Å². The van der Waals surface area contributed by atoms with Crippen LogP contribution in [0.5, 0.6) is 0 Å². The molecule has 2 aromatic rings. The Morgan fingerprint density at radius 1 is 1.28 bits per heavy atom. The fraction of sp³-hybridized carbons (Fsp3) is 0.400. The number of nitrogens with zero attached hydrogens (tertiary/aromatic N) is 1. The minimum Gasteiger partial charge on any atom is -0.309 e. The number of hydrogen-bond donors (Lipinski definition) is 1. The van der Waals surface area contributed by atoms with Crippen molar-refractivity contribution in [2.45, 2.75) is 32.2 Å². The molecule has 0 radical (unpaired) electrons. The number of aromatic nitrogens is 1. The number of benzene rings is 1. The predicted octanol–water partition coefficient (Wildman–Crippen LogP) is 3.93. The molecule has 0 amide bonds. The molecule has 1 aliphatic heterocycles. The summed E-state index contributed by atoms with van der Waals surface area (Å²) in [6.07, 6.45) is 3.83. The van der Waals surface area contributed by atoms with Gasteiger partial charge in [0.2, 0.25) is 0 Å². The number of hydrogen-bond acceptors (Lipinski definition) is 3. The maximum atomic E-state index is 4.82. The van der Waals surface area contributed by atoms with Crippen molar-refractivity contribution in [1.29, 1.82) is 0 Å². The van der Waals surface area contributed by atoms with Gasteiger partial charge in [0.15, 0.2) is 0 Å². The van der Waals surface area contributed by atoms with Crippen LogP contribution >= 0.6 is 11.3 Å². The van der Waals surface area contributed by atoms with Gasteiger partial charge in [-0.15, -0.1) is 11.3 Å². The van der Waals surface area contributed by atoms with E-state index in [0.29, 0.717) is 6.04 Å². The Morgan fingerprint density at radius 2 is 2.17 bits per heavy atom. The number of nitrogens with one attached hydrogen (secondary N) is 1. The van der Waals surface area contributed by atoms with E-state index in [4.69, 9.17) is 4.98 Å². The molecule has 1 N–H and O–H groups in total. The lowest BCUT2D eigenvalue weighted by atomic mass is 10.0. The third kappa shape index (κ3) is 2.33. The number of rotatable bonds is 2. The fourth-order valence-electron chi connectivity index (χ4n) is 2.49. The lowest BCUT2D eigenvalue weighted by Gasteiger charge is -2.21. The van der Waals surface area contributed by atoms with Crippen molar-refractivity contribution in [3.8, 4) is 10.6 Å². The lowest BCUT2D eigenvalue weighted by molar-refractivity contribution is 0.407. The van der Waals surface area contributed by atoms with Gasteiger partial charge in [-0.05, 0) is 31.9 Å². The van der Waals surface area contributed by atoms with Gasteiger partial charge >= 0.3 is 0 Å². The molecule has 94 valence electrons. The maximum absolute atomic E-state index is 4.82. The summed E-state index contributed by atoms with van der Waals surface area (Å²) in [6, 6.07) is 8.94. The van der Waals surface area contributed by atoms with E-state index in [1.54, 1.807) is 11.3 Å². The average Bonchev–Trinajstić information content (AvgIpc) is 2.90. The molecular weight excluding hydrogens is 240 g/mol. The largest absolute Gasteiger partial charge is 0.309 e. The molecule has 2 heterocycles. The highest BCUT2D eigenvalue weighted by molar-refractivity contribution is 7.13. The van der Waals surface area contributed by atoms with Crippen LogP contribution in [0.25, 0.3) is 10.6 Å². The van der Waals surface area contributed by atoms with Crippen LogP contribution in [0, 0.1) is 6.92 Å². The maximum Gasteiger partial charge on any atom is 0.123 e. The Morgan fingerprint density at radius 3 is 2.94 bits per heavy atom. The van der Waals surface area contributed by atoms with Gasteiger partial charge in [-0.25, -0.2) is 4.98 Å². The highest BCUT2D eigenvalue weighted by Crippen LogP contribution is 2.30. The molecule has 1 aliphatic rings. The van der Waals surface area contributed by atoms with Gasteiger partial charge < -0.3 is 5.32 Å². The quantitative estimate of drug-likeness (QED) is 0.882. The van der Waals surface area contributed by atoms with Crippen molar-refractivity contribution in [2.24, 2.45) is 0 Å². The van der Waals surface area contributed by atoms with Crippen molar-refractivity contribution in [1.82, 2.24) is 10.3 Å². The molecule has 1 fully saturated rings. The van der Waals surface area contributed by atoms with E-state index in [9.17, 15) is 0 Å². The summed E-state index contributed by atoms with van der Waals surface area (Å²) in [5.41, 5.74) is 3.79. The van der Waals surface area contributed by atoms with Crippen molar-refractivity contribution in [3.63, 3.8) is 0 Å². The monoisotopic (exact) mass is 258 g/mol. The van der Waals surface area contributed by atoms with E-state index in [0.717, 1.165) is 11.6 Å². The van der Waals surface area contributed by atoms with Crippen molar-refractivity contribution in [2.75, 3.05) is 6.54 Å². The average molecular weight is 258 g/mol. The van der Waals surface area contributed by atoms with Crippen LogP contribution < -0.4 is 5.32 Å². The Labute approximate surface area is 112 Å². The van der Waals surface area contributed by atoms with Crippen LogP contribution in [0.4, 0.5) is 0 Å². The number of aryl methyl sites for hydroxylation is 1. The molecule has 1 saturated heterocycles. The Kier molecular flexibility index (Phi) is 3.43. The molecule has 0 bridgehead atoms. The number of piperidine rings is 1. The minimum atomic E-state index is 0.466. The third-order valence-corrected chi connectivity index (χ3v) is 4.46. The summed E-state index contributed by atoms with van der Waals surface area (Å²) in [5.74, 6) is 0. The van der Waals surface area contributed by atoms with Gasteiger partial charge in [0, 0.05) is 10.9 Å². The lowest BCUT2D eigenvalue weighted by Crippen LogP contribution is -2.26. The van der Waals surface area contributed by atoms with E-state index in [1.807, 2.05) is 0 Å². The van der Waals surface area contributed by atoms with Crippen molar-refractivity contribution < 1.29 is 0 Å². The van der Waals surface area contributed by atoms with Gasteiger partial charge in [-0.1, -0.05) is 30.7 Å². The molecule has 0 aliphatic carbocycles. The summed E-state index contributed by atoms with van der Waals surface area (Å²) >= 11 is 1.76. The topological polar surface area (TPSA) is 24.9 Å². The zero-order valence-electron chi connectivity index (χ0n) is 10.6. The van der Waals surface area contributed by atoms with Crippen molar-refractivity contribution >= 4 is 11.3 Å². The first kappa shape index (κ1) is 11.9. The van der Waals surface area contributed by atoms with Crippen LogP contribution in [0.1, 0.15) is 36.6 Å². The molecule has 1 unspecified atom stereocenters. The van der Waals surface area contributed by atoms with Gasteiger partial charge in [0.25, 0.3) is 0 Å². The Bertz CT molecular complexity index is 527. The highest BCUT2D eigenvalue weighted by Gasteiger charge is 2.18. The smallest absolute Gasteiger partial charge is 0.123 e. The van der Waals surface area contributed by atoms with E-state index >= 15 is 0 Å². The highest BCUT2D eigenvalue weighted by atomic mass is 32.1. The van der Waals surface area contributed by atoms with Crippen LogP contribution in [0.3, 0.4) is 0 Å². The minimum absolute atomic E-state index is 0.466. The van der Waals surface area contributed by atoms with Crippen molar-refractivity contribution in [3.05, 3.63) is 40.9 Å². The molecule has 3 rings (SSSR count). The molecule has 1 aromatic carbocycles. The normalized spacial score (nSPS) is 19.9. The second-order valence-corrected chi connectivity index (χ2v) is 5.75. The van der Waals surface area contributed by atoms with Gasteiger partial charge in [-0.3, -0.25) is 0 Å². The van der Waals surface area contributed by atoms with Crippen LogP contribution in [-0.2, 0) is 0 Å². The Hall–Kier alpha value is -1.19. The molecule has 0 spiro atoms. The van der Waals surface area contributed by atoms with Gasteiger partial charge in [0.05, 0.1) is 11.7 Å². The van der Waals surface area contributed by atoms with Crippen LogP contribution in [0.2, 0.25) is 0 Å². The predicted molar refractivity (Wildman–Crippen MR) is 76.9 cm³/mol. The zero-order valence-corrected chi connectivity index (χ0v) is 11.5. The summed E-state index contributed by atoms with van der Waals surface area (Å²) in [6.45, 7) is 3.27. The van der Waals surface area contributed by atoms with E-state index in [2.05, 4.69) is 41.9 Å². The summed E-state index contributed by atoms with van der Waals surface area (Å²) in [7, 11) is 0. The van der Waals surface area contributed by atoms with Gasteiger partial charge in [-0.2, -0.15) is 0 Å². The Balaban J connectivity index is 1.87. The van der Waals surface area contributed by atoms with Crippen LogP contribution in [-0.4, -0.2) is 11.5 Å². The molecule has 0 saturated carbocycles. The first-order valence-electron chi connectivity index (χ1n) is 6.59. The first-order valence-corrected chi connectivity index (χ1v) is 7.47. The fourth-order valence-corrected chi connectivity index (χ4v) is 3.45. The van der Waals surface area contributed by atoms with Crippen LogP contribution in [0.15, 0.2) is 29.6 Å². The van der Waals surface area contributed by atoms with E-state index in [-0.39, 0.29) is 0 Å². The summed E-state index contributed by atoms with van der Waals surface area (Å²) in [5, 5.41) is 6.92. The molecule has 1 atom stereocenters. The molecular formula is C15H18N2S. The first-order chi connectivity index (χ1) is 8.84. The second kappa shape index (κ2) is 5.21. The van der Waals surface area contributed by atoms with E-state index in [1.165, 1.54) is 36.1 Å². The SMILES string of the molecule is Cc1ccccc1-c1nc(C2CCCCN2)cs1. The molecule has 3 heteroatoms. The number of thiazole rings is 1. The second-order valence-electron chi connectivity index (χ2n) is 4.89. The zero-order chi connectivity index (χ0) is 12.4. The molecule has 18 heavy (non-hydrogen) atoms. The molecule has 2 nitrogen and oxygen atoms in total. The van der Waals surface area contributed by atoms with Gasteiger partial charge in [0.1, 0.15) is 5.01 Å².